The highest BCUT2D eigenvalue weighted by atomic mass is 35.5. The van der Waals surface area contributed by atoms with Crippen LogP contribution in [0, 0.1) is 0 Å². The van der Waals surface area contributed by atoms with Gasteiger partial charge in [-0.05, 0) is 36.2 Å². The van der Waals surface area contributed by atoms with Gasteiger partial charge in [0.2, 0.25) is 28.7 Å². The maximum Gasteiger partial charge on any atom is 0.286 e. The van der Waals surface area contributed by atoms with Gasteiger partial charge in [0.15, 0.2) is 0 Å². The highest BCUT2D eigenvalue weighted by Crippen LogP contribution is 2.37. The monoisotopic (exact) mass is 469 g/mol. The number of pyridine rings is 1. The molecule has 0 radical (unpaired) electrons. The first-order valence-corrected chi connectivity index (χ1v) is 10.8. The molecule has 11 heteroatoms. The SMILES string of the molecule is CCCNc1c(C(N)=O)oc2ccc3nc(Oc4cc(OC5COC5)nc(Cl)n4)ccc3c12. The Kier molecular flexibility index (Phi) is 5.61. The Morgan fingerprint density at radius 3 is 2.73 bits per heavy atom. The minimum absolute atomic E-state index is 0.00532. The van der Waals surface area contributed by atoms with Crippen molar-refractivity contribution < 1.29 is 23.4 Å². The molecule has 1 fully saturated rings. The number of nitrogens with two attached hydrogens (primary N) is 1. The van der Waals surface area contributed by atoms with Gasteiger partial charge < -0.3 is 29.7 Å². The van der Waals surface area contributed by atoms with Gasteiger partial charge in [0.25, 0.3) is 5.91 Å². The first kappa shape index (κ1) is 21.2. The summed E-state index contributed by atoms with van der Waals surface area (Å²) in [6, 6.07) is 8.59. The van der Waals surface area contributed by atoms with Crippen LogP contribution in [0.5, 0.6) is 17.6 Å². The Bertz CT molecular complexity index is 1350. The Morgan fingerprint density at radius 1 is 1.18 bits per heavy atom. The van der Waals surface area contributed by atoms with Gasteiger partial charge in [-0.15, -0.1) is 0 Å². The number of nitrogens with zero attached hydrogens (tertiary/aromatic N) is 3. The van der Waals surface area contributed by atoms with Crippen LogP contribution in [-0.2, 0) is 4.74 Å². The molecule has 170 valence electrons. The van der Waals surface area contributed by atoms with Crippen molar-refractivity contribution in [3.8, 4) is 17.6 Å². The smallest absolute Gasteiger partial charge is 0.286 e. The zero-order valence-corrected chi connectivity index (χ0v) is 18.4. The molecular formula is C22H20ClN5O5. The van der Waals surface area contributed by atoms with E-state index in [9.17, 15) is 4.79 Å². The number of amides is 1. The number of primary amides is 1. The quantitative estimate of drug-likeness (QED) is 0.368. The Hall–Kier alpha value is -3.63. The maximum atomic E-state index is 11.9. The van der Waals surface area contributed by atoms with Crippen molar-refractivity contribution in [1.82, 2.24) is 15.0 Å². The fraction of sp³-hybridized carbons (Fsp3) is 0.273. The van der Waals surface area contributed by atoms with E-state index < -0.39 is 5.91 Å². The van der Waals surface area contributed by atoms with Gasteiger partial charge in [-0.25, -0.2) is 4.98 Å². The number of anilines is 1. The van der Waals surface area contributed by atoms with E-state index in [1.165, 1.54) is 0 Å². The molecule has 1 saturated heterocycles. The Morgan fingerprint density at radius 2 is 2.00 bits per heavy atom. The van der Waals surface area contributed by atoms with E-state index in [0.717, 1.165) is 17.2 Å². The fourth-order valence-electron chi connectivity index (χ4n) is 3.48. The summed E-state index contributed by atoms with van der Waals surface area (Å²) in [6.45, 7) is 3.68. The lowest BCUT2D eigenvalue weighted by Crippen LogP contribution is -2.38. The minimum atomic E-state index is -0.641. The molecule has 1 amide bonds. The van der Waals surface area contributed by atoms with Crippen LogP contribution in [-0.4, -0.2) is 46.7 Å². The third-order valence-electron chi connectivity index (χ3n) is 5.03. The van der Waals surface area contributed by atoms with Crippen LogP contribution in [0.3, 0.4) is 0 Å². The van der Waals surface area contributed by atoms with Crippen molar-refractivity contribution in [2.75, 3.05) is 25.1 Å². The Labute approximate surface area is 193 Å². The number of hydrogen-bond acceptors (Lipinski definition) is 9. The number of fused-ring (bicyclic) bond motifs is 3. The molecule has 1 aliphatic heterocycles. The van der Waals surface area contributed by atoms with E-state index in [1.807, 2.05) is 13.0 Å². The number of furan rings is 1. The molecule has 0 bridgehead atoms. The standard InChI is InChI=1S/C22H20ClN5O5/c1-2-7-25-19-18-12-3-6-15(26-13(12)4-5-14(18)32-20(19)21(24)29)33-17-8-16(27-22(23)28-17)31-11-9-30-10-11/h3-6,8,11,25H,2,7,9-10H2,1H3,(H2,24,29). The third-order valence-corrected chi connectivity index (χ3v) is 5.20. The molecule has 0 spiro atoms. The van der Waals surface area contributed by atoms with Crippen LogP contribution in [0.2, 0.25) is 5.28 Å². The first-order valence-electron chi connectivity index (χ1n) is 10.4. The molecule has 10 nitrogen and oxygen atoms in total. The summed E-state index contributed by atoms with van der Waals surface area (Å²) >= 11 is 6.02. The van der Waals surface area contributed by atoms with E-state index in [0.29, 0.717) is 48.3 Å². The molecule has 1 aromatic carbocycles. The highest BCUT2D eigenvalue weighted by molar-refractivity contribution is 6.28. The van der Waals surface area contributed by atoms with E-state index in [2.05, 4.69) is 20.3 Å². The molecule has 0 atom stereocenters. The molecule has 0 saturated carbocycles. The largest absolute Gasteiger partial charge is 0.469 e. The lowest BCUT2D eigenvalue weighted by molar-refractivity contribution is -0.0814. The molecule has 1 aliphatic rings. The van der Waals surface area contributed by atoms with Crippen molar-refractivity contribution in [2.45, 2.75) is 19.4 Å². The van der Waals surface area contributed by atoms with Crippen molar-refractivity contribution in [2.24, 2.45) is 5.73 Å². The molecule has 4 aromatic rings. The summed E-state index contributed by atoms with van der Waals surface area (Å²) in [7, 11) is 0. The fourth-order valence-corrected chi connectivity index (χ4v) is 3.65. The number of benzene rings is 1. The van der Waals surface area contributed by atoms with Gasteiger partial charge in [0.1, 0.15) is 11.7 Å². The summed E-state index contributed by atoms with van der Waals surface area (Å²) in [5.41, 5.74) is 7.26. The van der Waals surface area contributed by atoms with E-state index in [1.54, 1.807) is 24.3 Å². The number of ether oxygens (including phenoxy) is 3. The normalized spacial score (nSPS) is 13.8. The number of halogens is 1. The lowest BCUT2D eigenvalue weighted by atomic mass is 10.1. The second-order valence-corrected chi connectivity index (χ2v) is 7.78. The van der Waals surface area contributed by atoms with Crippen LogP contribution < -0.4 is 20.5 Å². The van der Waals surface area contributed by atoms with E-state index in [-0.39, 0.29) is 23.0 Å². The van der Waals surface area contributed by atoms with E-state index in [4.69, 9.17) is 36.0 Å². The predicted molar refractivity (Wildman–Crippen MR) is 121 cm³/mol. The maximum absolute atomic E-state index is 11.9. The van der Waals surface area contributed by atoms with Gasteiger partial charge in [-0.2, -0.15) is 9.97 Å². The summed E-state index contributed by atoms with van der Waals surface area (Å²) < 4.78 is 22.3. The number of rotatable bonds is 8. The summed E-state index contributed by atoms with van der Waals surface area (Å²) in [5.74, 6) is 0.244. The number of hydrogen-bond donors (Lipinski definition) is 2. The number of carbonyl (C=O) groups is 1. The van der Waals surface area contributed by atoms with Gasteiger partial charge in [-0.1, -0.05) is 6.92 Å². The van der Waals surface area contributed by atoms with E-state index >= 15 is 0 Å². The molecular weight excluding hydrogens is 450 g/mol. The summed E-state index contributed by atoms with van der Waals surface area (Å²) in [6.07, 6.45) is 0.799. The van der Waals surface area contributed by atoms with Crippen LogP contribution in [0.25, 0.3) is 21.9 Å². The third kappa shape index (κ3) is 4.22. The van der Waals surface area contributed by atoms with Crippen LogP contribution in [0.15, 0.2) is 34.7 Å². The first-order chi connectivity index (χ1) is 16.0. The second-order valence-electron chi connectivity index (χ2n) is 7.44. The Balaban J connectivity index is 1.50. The summed E-state index contributed by atoms with van der Waals surface area (Å²) in [4.78, 5) is 24.6. The predicted octanol–water partition coefficient (Wildman–Crippen LogP) is 3.92. The lowest BCUT2D eigenvalue weighted by Gasteiger charge is -2.26. The van der Waals surface area contributed by atoms with Gasteiger partial charge >= 0.3 is 0 Å². The van der Waals surface area contributed by atoms with Crippen LogP contribution >= 0.6 is 11.6 Å². The second kappa shape index (κ2) is 8.72. The topological polar surface area (TPSA) is 135 Å². The molecule has 3 aromatic heterocycles. The molecule has 33 heavy (non-hydrogen) atoms. The average molecular weight is 470 g/mol. The minimum Gasteiger partial charge on any atom is -0.469 e. The average Bonchev–Trinajstić information content (AvgIpc) is 3.13. The molecule has 4 heterocycles. The highest BCUT2D eigenvalue weighted by Gasteiger charge is 2.22. The number of nitrogens with one attached hydrogen (secondary N) is 1. The summed E-state index contributed by atoms with van der Waals surface area (Å²) in [5, 5.41) is 4.75. The number of aromatic nitrogens is 3. The zero-order chi connectivity index (χ0) is 22.9. The van der Waals surface area contributed by atoms with Crippen molar-refractivity contribution in [1.29, 1.82) is 0 Å². The van der Waals surface area contributed by atoms with Crippen molar-refractivity contribution in [3.05, 3.63) is 41.4 Å². The van der Waals surface area contributed by atoms with Crippen molar-refractivity contribution in [3.63, 3.8) is 0 Å². The van der Waals surface area contributed by atoms with Crippen LogP contribution in [0.4, 0.5) is 5.69 Å². The molecule has 0 unspecified atom stereocenters. The van der Waals surface area contributed by atoms with Gasteiger partial charge in [0.05, 0.1) is 35.9 Å². The van der Waals surface area contributed by atoms with Gasteiger partial charge in [0, 0.05) is 18.0 Å². The van der Waals surface area contributed by atoms with Gasteiger partial charge in [-0.3, -0.25) is 4.79 Å². The molecule has 5 rings (SSSR count). The number of carbonyl (C=O) groups excluding carboxylic acids is 1. The van der Waals surface area contributed by atoms with Crippen LogP contribution in [0.1, 0.15) is 23.9 Å². The van der Waals surface area contributed by atoms with Crippen molar-refractivity contribution >= 4 is 45.1 Å². The molecule has 3 N–H and O–H groups in total. The molecule has 0 aliphatic carbocycles. The zero-order valence-electron chi connectivity index (χ0n) is 17.6.